The first-order chi connectivity index (χ1) is 10.7. The van der Waals surface area contributed by atoms with Gasteiger partial charge in [0.15, 0.2) is 0 Å². The van der Waals surface area contributed by atoms with Crippen LogP contribution in [0.15, 0.2) is 48.5 Å². The van der Waals surface area contributed by atoms with Gasteiger partial charge in [-0.2, -0.15) is 0 Å². The molecule has 116 valence electrons. The second-order valence-electron chi connectivity index (χ2n) is 6.77. The van der Waals surface area contributed by atoms with Crippen molar-refractivity contribution in [1.29, 1.82) is 0 Å². The Balaban J connectivity index is 1.50. The van der Waals surface area contributed by atoms with Crippen LogP contribution in [0.4, 0.5) is 0 Å². The van der Waals surface area contributed by atoms with Crippen molar-refractivity contribution in [1.82, 2.24) is 0 Å². The molecule has 0 amide bonds. The normalized spacial score (nSPS) is 21.7. The summed E-state index contributed by atoms with van der Waals surface area (Å²) in [5.41, 5.74) is 5.78. The molecule has 1 heterocycles. The monoisotopic (exact) mass is 296 g/mol. The highest BCUT2D eigenvalue weighted by molar-refractivity contribution is 5.24. The number of hydrogen-bond donors (Lipinski definition) is 2. The Kier molecular flexibility index (Phi) is 4.91. The summed E-state index contributed by atoms with van der Waals surface area (Å²) in [7, 11) is 0. The van der Waals surface area contributed by atoms with E-state index in [-0.39, 0.29) is 0 Å². The molecule has 2 N–H and O–H groups in total. The van der Waals surface area contributed by atoms with E-state index >= 15 is 0 Å². The van der Waals surface area contributed by atoms with Crippen LogP contribution in [-0.4, -0.2) is 26.2 Å². The van der Waals surface area contributed by atoms with E-state index in [1.54, 1.807) is 9.80 Å². The minimum atomic E-state index is 1.18. The SMILES string of the molecule is Cc1ccc(C[NH+]2CC[NH+](Cc3ccccc3C)CC2)cc1. The molecule has 2 aromatic rings. The predicted octanol–water partition coefficient (Wildman–Crippen LogP) is 0.787. The van der Waals surface area contributed by atoms with Gasteiger partial charge in [0.2, 0.25) is 0 Å². The van der Waals surface area contributed by atoms with Gasteiger partial charge >= 0.3 is 0 Å². The second kappa shape index (κ2) is 7.08. The van der Waals surface area contributed by atoms with E-state index in [0.29, 0.717) is 0 Å². The summed E-state index contributed by atoms with van der Waals surface area (Å²) in [5, 5.41) is 0. The standard InChI is InChI=1S/C20H26N2/c1-17-7-9-19(10-8-17)15-21-11-13-22(14-12-21)16-20-6-4-3-5-18(20)2/h3-10H,11-16H2,1-2H3/p+2. The van der Waals surface area contributed by atoms with Crippen molar-refractivity contribution in [3.05, 3.63) is 70.8 Å². The molecule has 0 atom stereocenters. The first-order valence-electron chi connectivity index (χ1n) is 8.48. The van der Waals surface area contributed by atoms with Gasteiger partial charge in [0.1, 0.15) is 39.3 Å². The van der Waals surface area contributed by atoms with Crippen molar-refractivity contribution in [3.8, 4) is 0 Å². The zero-order valence-electron chi connectivity index (χ0n) is 13.9. The fraction of sp³-hybridized carbons (Fsp3) is 0.400. The van der Waals surface area contributed by atoms with Crippen molar-refractivity contribution < 1.29 is 9.80 Å². The van der Waals surface area contributed by atoms with Crippen LogP contribution in [0.25, 0.3) is 0 Å². The molecule has 2 heteroatoms. The Bertz CT molecular complexity index is 595. The average Bonchev–Trinajstić information content (AvgIpc) is 2.54. The van der Waals surface area contributed by atoms with Crippen LogP contribution in [0.5, 0.6) is 0 Å². The fourth-order valence-electron chi connectivity index (χ4n) is 3.38. The molecule has 1 fully saturated rings. The van der Waals surface area contributed by atoms with E-state index in [9.17, 15) is 0 Å². The predicted molar refractivity (Wildman–Crippen MR) is 91.2 cm³/mol. The van der Waals surface area contributed by atoms with E-state index in [4.69, 9.17) is 0 Å². The molecule has 0 saturated carbocycles. The van der Waals surface area contributed by atoms with Crippen LogP contribution >= 0.6 is 0 Å². The highest BCUT2D eigenvalue weighted by Crippen LogP contribution is 2.05. The number of quaternary nitrogens is 2. The Morgan fingerprint density at radius 2 is 1.32 bits per heavy atom. The molecule has 2 nitrogen and oxygen atoms in total. The number of rotatable bonds is 4. The summed E-state index contributed by atoms with van der Waals surface area (Å²) in [6, 6.07) is 17.9. The lowest BCUT2D eigenvalue weighted by atomic mass is 10.1. The zero-order valence-corrected chi connectivity index (χ0v) is 13.9. The summed E-state index contributed by atoms with van der Waals surface area (Å²) in [6.45, 7) is 11.9. The molecule has 0 aromatic heterocycles. The minimum absolute atomic E-state index is 1.18. The molecule has 22 heavy (non-hydrogen) atoms. The van der Waals surface area contributed by atoms with Crippen molar-refractivity contribution in [2.75, 3.05) is 26.2 Å². The smallest absolute Gasteiger partial charge is 0.127 e. The average molecular weight is 296 g/mol. The van der Waals surface area contributed by atoms with E-state index < -0.39 is 0 Å². The number of aryl methyl sites for hydroxylation is 2. The van der Waals surface area contributed by atoms with Gasteiger partial charge in [-0.05, 0) is 19.4 Å². The van der Waals surface area contributed by atoms with Crippen molar-refractivity contribution in [2.45, 2.75) is 26.9 Å². The highest BCUT2D eigenvalue weighted by Gasteiger charge is 2.23. The Morgan fingerprint density at radius 3 is 1.95 bits per heavy atom. The van der Waals surface area contributed by atoms with Gasteiger partial charge in [0, 0.05) is 11.1 Å². The first-order valence-corrected chi connectivity index (χ1v) is 8.48. The van der Waals surface area contributed by atoms with Crippen LogP contribution in [0.2, 0.25) is 0 Å². The zero-order chi connectivity index (χ0) is 15.4. The maximum absolute atomic E-state index is 2.29. The first kappa shape index (κ1) is 15.3. The van der Waals surface area contributed by atoms with Crippen LogP contribution < -0.4 is 9.80 Å². The summed E-state index contributed by atoms with van der Waals surface area (Å²) < 4.78 is 0. The Labute approximate surface area is 134 Å². The Morgan fingerprint density at radius 1 is 0.727 bits per heavy atom. The van der Waals surface area contributed by atoms with Crippen LogP contribution in [0, 0.1) is 13.8 Å². The molecule has 1 aliphatic rings. The van der Waals surface area contributed by atoms with Crippen molar-refractivity contribution in [2.24, 2.45) is 0 Å². The van der Waals surface area contributed by atoms with E-state index in [1.807, 2.05) is 0 Å². The van der Waals surface area contributed by atoms with Crippen molar-refractivity contribution >= 4 is 0 Å². The maximum Gasteiger partial charge on any atom is 0.127 e. The summed E-state index contributed by atoms with van der Waals surface area (Å²) >= 11 is 0. The summed E-state index contributed by atoms with van der Waals surface area (Å²) in [4.78, 5) is 3.47. The molecular formula is C20H28N2+2. The van der Waals surface area contributed by atoms with Gasteiger partial charge in [-0.3, -0.25) is 0 Å². The molecule has 0 spiro atoms. The van der Waals surface area contributed by atoms with E-state index in [2.05, 4.69) is 62.4 Å². The minimum Gasteiger partial charge on any atom is -0.322 e. The third-order valence-corrected chi connectivity index (χ3v) is 4.94. The molecule has 0 bridgehead atoms. The number of benzene rings is 2. The number of piperazine rings is 1. The van der Waals surface area contributed by atoms with Crippen LogP contribution in [0.1, 0.15) is 22.3 Å². The molecule has 0 radical (unpaired) electrons. The van der Waals surface area contributed by atoms with E-state index in [1.165, 1.54) is 61.5 Å². The van der Waals surface area contributed by atoms with Crippen LogP contribution in [-0.2, 0) is 13.1 Å². The lowest BCUT2D eigenvalue weighted by Crippen LogP contribution is -3.27. The molecule has 0 aliphatic carbocycles. The molecule has 3 rings (SSSR count). The quantitative estimate of drug-likeness (QED) is 0.825. The van der Waals surface area contributed by atoms with Gasteiger partial charge in [-0.25, -0.2) is 0 Å². The maximum atomic E-state index is 2.29. The largest absolute Gasteiger partial charge is 0.322 e. The lowest BCUT2D eigenvalue weighted by molar-refractivity contribution is -1.02. The fourth-order valence-corrected chi connectivity index (χ4v) is 3.38. The second-order valence-corrected chi connectivity index (χ2v) is 6.77. The van der Waals surface area contributed by atoms with Gasteiger partial charge in [-0.1, -0.05) is 54.1 Å². The van der Waals surface area contributed by atoms with Gasteiger partial charge in [-0.15, -0.1) is 0 Å². The summed E-state index contributed by atoms with van der Waals surface area (Å²) in [5.74, 6) is 0. The van der Waals surface area contributed by atoms with Crippen LogP contribution in [0.3, 0.4) is 0 Å². The number of nitrogens with one attached hydrogen (secondary N) is 2. The molecule has 1 saturated heterocycles. The van der Waals surface area contributed by atoms with Gasteiger partial charge in [0.25, 0.3) is 0 Å². The van der Waals surface area contributed by atoms with E-state index in [0.717, 1.165) is 0 Å². The third-order valence-electron chi connectivity index (χ3n) is 4.94. The lowest BCUT2D eigenvalue weighted by Gasteiger charge is -2.30. The molecule has 1 aliphatic heterocycles. The van der Waals surface area contributed by atoms with Gasteiger partial charge < -0.3 is 9.80 Å². The Hall–Kier alpha value is -1.64. The third kappa shape index (κ3) is 3.96. The number of hydrogen-bond acceptors (Lipinski definition) is 0. The molecule has 2 aromatic carbocycles. The molecular weight excluding hydrogens is 268 g/mol. The summed E-state index contributed by atoms with van der Waals surface area (Å²) in [6.07, 6.45) is 0. The highest BCUT2D eigenvalue weighted by atomic mass is 15.3. The van der Waals surface area contributed by atoms with Gasteiger partial charge in [0.05, 0.1) is 0 Å². The molecule has 0 unspecified atom stereocenters. The topological polar surface area (TPSA) is 8.88 Å². The van der Waals surface area contributed by atoms with Crippen molar-refractivity contribution in [3.63, 3.8) is 0 Å².